The second-order valence-corrected chi connectivity index (χ2v) is 11.2. The highest BCUT2D eigenvalue weighted by Gasteiger charge is 2.30. The Morgan fingerprint density at radius 3 is 2.47 bits per heavy atom. The summed E-state index contributed by atoms with van der Waals surface area (Å²) in [4.78, 5) is 17.2. The number of anilines is 1. The number of amides is 1. The molecule has 0 bridgehead atoms. The molecule has 38 heavy (non-hydrogen) atoms. The van der Waals surface area contributed by atoms with Gasteiger partial charge < -0.3 is 10.4 Å². The predicted octanol–water partition coefficient (Wildman–Crippen LogP) is 4.59. The van der Waals surface area contributed by atoms with Crippen LogP contribution < -0.4 is 10.0 Å². The fourth-order valence-electron chi connectivity index (χ4n) is 3.29. The van der Waals surface area contributed by atoms with E-state index in [1.165, 1.54) is 0 Å². The number of nitrogens with zero attached hydrogens (tertiary/aromatic N) is 3. The highest BCUT2D eigenvalue weighted by Crippen LogP contribution is 2.36. The van der Waals surface area contributed by atoms with Gasteiger partial charge in [-0.05, 0) is 24.3 Å². The number of nitrogens with one attached hydrogen (secondary N) is 2. The Morgan fingerprint density at radius 1 is 1.18 bits per heavy atom. The first-order valence-corrected chi connectivity index (χ1v) is 13.0. The van der Waals surface area contributed by atoms with E-state index in [9.17, 15) is 35.2 Å². The molecule has 0 radical (unpaired) electrons. The molecule has 1 aromatic carbocycles. The molecule has 3 heterocycles. The summed E-state index contributed by atoms with van der Waals surface area (Å²) in [7, 11) is -4.02. The van der Waals surface area contributed by atoms with Gasteiger partial charge in [-0.3, -0.25) is 4.79 Å². The van der Waals surface area contributed by atoms with Crippen LogP contribution in [0, 0.1) is 0 Å². The fourth-order valence-corrected chi connectivity index (χ4v) is 5.99. The van der Waals surface area contributed by atoms with E-state index >= 15 is 0 Å². The third-order valence-corrected chi connectivity index (χ3v) is 8.35. The highest BCUT2D eigenvalue weighted by molar-refractivity contribution is 7.91. The molecule has 3 aromatic heterocycles. The maximum atomic E-state index is 13.8. The zero-order valence-electron chi connectivity index (χ0n) is 18.6. The summed E-state index contributed by atoms with van der Waals surface area (Å²) in [5.74, 6) is -0.913. The lowest BCUT2D eigenvalue weighted by molar-refractivity contribution is -0.137. The maximum absolute atomic E-state index is 13.8. The van der Waals surface area contributed by atoms with E-state index in [0.29, 0.717) is 11.3 Å². The average Bonchev–Trinajstić information content (AvgIpc) is 3.45. The number of rotatable bonds is 8. The molecule has 0 spiro atoms. The zero-order chi connectivity index (χ0) is 27.8. The maximum Gasteiger partial charge on any atom is 0.416 e. The number of aromatic nitrogens is 3. The summed E-state index contributed by atoms with van der Waals surface area (Å²) in [5.41, 5.74) is -2.36. The number of alkyl halides is 5. The fraction of sp³-hybridized carbons (Fsp3) is 0.190. The number of hydrogen-bond acceptors (Lipinski definition) is 7. The Balaban J connectivity index is 1.71. The number of carbonyl (C=O) groups excluding carboxylic acids is 1. The second-order valence-electron chi connectivity index (χ2n) is 7.56. The Kier molecular flexibility index (Phi) is 7.72. The molecule has 202 valence electrons. The predicted molar refractivity (Wildman–Crippen MR) is 128 cm³/mol. The van der Waals surface area contributed by atoms with Crippen LogP contribution in [0.2, 0.25) is 4.34 Å². The molecule has 4 aromatic rings. The van der Waals surface area contributed by atoms with Crippen LogP contribution in [0.15, 0.2) is 46.8 Å². The van der Waals surface area contributed by atoms with Crippen molar-refractivity contribution in [3.05, 3.63) is 63.8 Å². The number of aliphatic hydroxyl groups excluding tert-OH is 1. The van der Waals surface area contributed by atoms with Crippen LogP contribution in [0.4, 0.5) is 27.6 Å². The zero-order valence-corrected chi connectivity index (χ0v) is 21.0. The van der Waals surface area contributed by atoms with Gasteiger partial charge in [0.05, 0.1) is 29.7 Å². The van der Waals surface area contributed by atoms with Crippen molar-refractivity contribution >= 4 is 50.2 Å². The summed E-state index contributed by atoms with van der Waals surface area (Å²) >= 11 is 6.70. The Bertz CT molecular complexity index is 1600. The molecule has 0 saturated heterocycles. The summed E-state index contributed by atoms with van der Waals surface area (Å²) in [6.07, 6.45) is -6.71. The largest absolute Gasteiger partial charge is 0.416 e. The molecule has 0 aliphatic rings. The molecule has 17 heteroatoms. The number of aliphatic hydroxyl groups is 1. The average molecular weight is 596 g/mol. The molecule has 3 N–H and O–H groups in total. The van der Waals surface area contributed by atoms with Crippen LogP contribution in [0.5, 0.6) is 0 Å². The quantitative estimate of drug-likeness (QED) is 0.256. The van der Waals surface area contributed by atoms with Gasteiger partial charge in [-0.2, -0.15) is 18.3 Å². The molecule has 0 aliphatic heterocycles. The number of sulfonamides is 1. The van der Waals surface area contributed by atoms with E-state index in [4.69, 9.17) is 16.7 Å². The van der Waals surface area contributed by atoms with Crippen molar-refractivity contribution in [2.45, 2.75) is 16.8 Å². The molecule has 0 unspecified atom stereocenters. The molecule has 0 fully saturated rings. The summed E-state index contributed by atoms with van der Waals surface area (Å²) in [5, 5.41) is 15.0. The van der Waals surface area contributed by atoms with Gasteiger partial charge in [0.25, 0.3) is 12.3 Å². The lowest BCUT2D eigenvalue weighted by atomic mass is 10.1. The van der Waals surface area contributed by atoms with E-state index < -0.39 is 46.4 Å². The van der Waals surface area contributed by atoms with Gasteiger partial charge in [-0.25, -0.2) is 31.4 Å². The van der Waals surface area contributed by atoms with Crippen LogP contribution in [-0.4, -0.2) is 47.2 Å². The Labute approximate surface area is 219 Å². The molecular weight excluding hydrogens is 581 g/mol. The Hall–Kier alpha value is -3.18. The minimum atomic E-state index is -4.60. The van der Waals surface area contributed by atoms with Gasteiger partial charge >= 0.3 is 6.18 Å². The highest BCUT2D eigenvalue weighted by atomic mass is 35.5. The Morgan fingerprint density at radius 2 is 1.87 bits per heavy atom. The van der Waals surface area contributed by atoms with E-state index in [-0.39, 0.29) is 43.2 Å². The standard InChI is InChI=1S/C21H15ClF5N5O4S2/c22-17-14(8-16(37-17)38(35,36)29-5-6-33)31-20(34)12-9-28-32-15(18(23)24)7-13(30-19(12)32)10-1-3-11(4-2-10)21(25,26)27/h1-4,7-9,18,29,33H,5-6H2,(H,31,34). The van der Waals surface area contributed by atoms with Crippen LogP contribution in [0.25, 0.3) is 16.9 Å². The molecule has 0 aliphatic carbocycles. The summed E-state index contributed by atoms with van der Waals surface area (Å²) in [6.45, 7) is -0.694. The van der Waals surface area contributed by atoms with Crippen LogP contribution in [0.1, 0.15) is 28.0 Å². The molecule has 0 atom stereocenters. The van der Waals surface area contributed by atoms with E-state index in [1.807, 2.05) is 0 Å². The van der Waals surface area contributed by atoms with Crippen molar-refractivity contribution in [3.8, 4) is 11.3 Å². The molecule has 1 amide bonds. The van der Waals surface area contributed by atoms with E-state index in [1.54, 1.807) is 0 Å². The number of benzene rings is 1. The molecule has 9 nitrogen and oxygen atoms in total. The number of thiophene rings is 1. The van der Waals surface area contributed by atoms with Crippen molar-refractivity contribution in [1.82, 2.24) is 19.3 Å². The number of fused-ring (bicyclic) bond motifs is 1. The van der Waals surface area contributed by atoms with Gasteiger partial charge in [-0.15, -0.1) is 11.3 Å². The summed E-state index contributed by atoms with van der Waals surface area (Å²) < 4.78 is 93.3. The van der Waals surface area contributed by atoms with Gasteiger partial charge in [0.2, 0.25) is 10.0 Å². The third kappa shape index (κ3) is 5.63. The molecule has 4 rings (SSSR count). The second kappa shape index (κ2) is 10.5. The minimum absolute atomic E-state index is 0.0843. The van der Waals surface area contributed by atoms with Gasteiger partial charge in [-0.1, -0.05) is 23.7 Å². The summed E-state index contributed by atoms with van der Waals surface area (Å²) in [6, 6.07) is 5.68. The van der Waals surface area contributed by atoms with Crippen molar-refractivity contribution < 1.29 is 40.3 Å². The smallest absolute Gasteiger partial charge is 0.395 e. The van der Waals surface area contributed by atoms with Crippen LogP contribution >= 0.6 is 22.9 Å². The first-order valence-electron chi connectivity index (χ1n) is 10.4. The van der Waals surface area contributed by atoms with Gasteiger partial charge in [0.1, 0.15) is 19.8 Å². The van der Waals surface area contributed by atoms with Crippen LogP contribution in [-0.2, 0) is 16.2 Å². The number of carbonyl (C=O) groups is 1. The van der Waals surface area contributed by atoms with Crippen molar-refractivity contribution in [2.24, 2.45) is 0 Å². The van der Waals surface area contributed by atoms with Crippen molar-refractivity contribution in [3.63, 3.8) is 0 Å². The van der Waals surface area contributed by atoms with Gasteiger partial charge in [0.15, 0.2) is 5.65 Å². The number of halogens is 6. The third-order valence-electron chi connectivity index (χ3n) is 5.06. The lowest BCUT2D eigenvalue weighted by Gasteiger charge is -2.10. The molecule has 0 saturated carbocycles. The SMILES string of the molecule is O=C(Nc1cc(S(=O)(=O)NCCO)sc1Cl)c1cnn2c(C(F)F)cc(-c3ccc(C(F)(F)F)cc3)nc12. The van der Waals surface area contributed by atoms with Crippen LogP contribution in [0.3, 0.4) is 0 Å². The monoisotopic (exact) mass is 595 g/mol. The van der Waals surface area contributed by atoms with Crippen molar-refractivity contribution in [2.75, 3.05) is 18.5 Å². The minimum Gasteiger partial charge on any atom is -0.395 e. The van der Waals surface area contributed by atoms with Gasteiger partial charge in [0, 0.05) is 12.1 Å². The first-order chi connectivity index (χ1) is 17.8. The van der Waals surface area contributed by atoms with Crippen molar-refractivity contribution in [1.29, 1.82) is 0 Å². The topological polar surface area (TPSA) is 126 Å². The first kappa shape index (κ1) is 27.8. The molecular formula is C21H15ClF5N5O4S2. The van der Waals surface area contributed by atoms with E-state index in [2.05, 4.69) is 20.1 Å². The normalized spacial score (nSPS) is 12.4. The lowest BCUT2D eigenvalue weighted by Crippen LogP contribution is -2.25. The number of hydrogen-bond donors (Lipinski definition) is 3. The van der Waals surface area contributed by atoms with E-state index in [0.717, 1.165) is 47.1 Å².